The molecule has 3 atom stereocenters. The molecule has 3 N–H and O–H groups in total. The SMILES string of the molecule is CC(CC(F)(F)F)C(=O)Nc1c(F)ccc(NC(=O)c2cc(NC(=O)[C@H]3[C@H](c4ccc(F)c(C(F)(F)F)c4)C3(Cl)Cl)ccc2Cl)c1F. The lowest BCUT2D eigenvalue weighted by Gasteiger charge is -2.16. The second-order valence-corrected chi connectivity index (χ2v) is 12.3. The molecule has 1 aliphatic carbocycles. The van der Waals surface area contributed by atoms with Gasteiger partial charge in [-0.1, -0.05) is 24.6 Å². The van der Waals surface area contributed by atoms with Crippen molar-refractivity contribution in [3.8, 4) is 0 Å². The minimum absolute atomic E-state index is 0.0967. The lowest BCUT2D eigenvalue weighted by molar-refractivity contribution is -0.150. The van der Waals surface area contributed by atoms with E-state index in [1.807, 2.05) is 0 Å². The van der Waals surface area contributed by atoms with Crippen molar-refractivity contribution in [1.29, 1.82) is 0 Å². The molecule has 47 heavy (non-hydrogen) atoms. The van der Waals surface area contributed by atoms with Crippen molar-refractivity contribution in [2.45, 2.75) is 35.9 Å². The third-order valence-corrected chi connectivity index (χ3v) is 8.31. The molecule has 1 fully saturated rings. The molecule has 0 saturated heterocycles. The van der Waals surface area contributed by atoms with E-state index in [4.69, 9.17) is 34.8 Å². The van der Waals surface area contributed by atoms with E-state index in [1.165, 1.54) is 6.07 Å². The van der Waals surface area contributed by atoms with Gasteiger partial charge in [0, 0.05) is 17.5 Å². The van der Waals surface area contributed by atoms with E-state index < -0.39 is 93.0 Å². The molecule has 1 saturated carbocycles. The molecule has 0 radical (unpaired) electrons. The maximum Gasteiger partial charge on any atom is 0.419 e. The van der Waals surface area contributed by atoms with Crippen LogP contribution in [0.15, 0.2) is 48.5 Å². The zero-order chi connectivity index (χ0) is 35.2. The Hall–Kier alpha value is -3.69. The molecule has 1 aliphatic rings. The molecule has 252 valence electrons. The summed E-state index contributed by atoms with van der Waals surface area (Å²) in [6, 6.07) is 6.87. The van der Waals surface area contributed by atoms with Gasteiger partial charge in [-0.3, -0.25) is 14.4 Å². The van der Waals surface area contributed by atoms with Gasteiger partial charge in [0.15, 0.2) is 5.82 Å². The van der Waals surface area contributed by atoms with Crippen molar-refractivity contribution in [2.75, 3.05) is 16.0 Å². The number of hydrogen-bond donors (Lipinski definition) is 3. The number of amides is 3. The van der Waals surface area contributed by atoms with E-state index in [0.29, 0.717) is 18.2 Å². The number of rotatable bonds is 8. The highest BCUT2D eigenvalue weighted by Crippen LogP contribution is 2.65. The van der Waals surface area contributed by atoms with E-state index >= 15 is 4.39 Å². The number of halogens is 12. The molecule has 0 aliphatic heterocycles. The van der Waals surface area contributed by atoms with Gasteiger partial charge in [-0.2, -0.15) is 26.3 Å². The number of alkyl halides is 8. The third kappa shape index (κ3) is 8.07. The Morgan fingerprint density at radius 1 is 0.872 bits per heavy atom. The van der Waals surface area contributed by atoms with Crippen LogP contribution in [0.4, 0.5) is 56.6 Å². The van der Waals surface area contributed by atoms with Crippen LogP contribution in [-0.4, -0.2) is 28.2 Å². The Kier molecular flexibility index (Phi) is 10.1. The summed E-state index contributed by atoms with van der Waals surface area (Å²) in [5.74, 6) is -11.9. The summed E-state index contributed by atoms with van der Waals surface area (Å²) in [6.07, 6.45) is -11.3. The second-order valence-electron chi connectivity index (χ2n) is 10.5. The minimum atomic E-state index is -5.03. The van der Waals surface area contributed by atoms with Gasteiger partial charge in [0.1, 0.15) is 21.7 Å². The lowest BCUT2D eigenvalue weighted by Crippen LogP contribution is -2.26. The van der Waals surface area contributed by atoms with Gasteiger partial charge in [0.05, 0.1) is 34.2 Å². The highest BCUT2D eigenvalue weighted by Gasteiger charge is 2.67. The summed E-state index contributed by atoms with van der Waals surface area (Å²) in [7, 11) is 0. The summed E-state index contributed by atoms with van der Waals surface area (Å²) in [5.41, 5.74) is -4.04. The van der Waals surface area contributed by atoms with Crippen LogP contribution in [-0.2, 0) is 15.8 Å². The Morgan fingerprint density at radius 2 is 1.51 bits per heavy atom. The first kappa shape index (κ1) is 36.2. The van der Waals surface area contributed by atoms with Crippen LogP contribution in [0.5, 0.6) is 0 Å². The highest BCUT2D eigenvalue weighted by molar-refractivity contribution is 6.53. The predicted molar refractivity (Wildman–Crippen MR) is 155 cm³/mol. The van der Waals surface area contributed by atoms with E-state index in [1.54, 1.807) is 5.32 Å². The zero-order valence-corrected chi connectivity index (χ0v) is 25.6. The maximum absolute atomic E-state index is 15.1. The van der Waals surface area contributed by atoms with Crippen LogP contribution in [0.25, 0.3) is 0 Å². The lowest BCUT2D eigenvalue weighted by atomic mass is 10.0. The van der Waals surface area contributed by atoms with Crippen molar-refractivity contribution in [1.82, 2.24) is 0 Å². The van der Waals surface area contributed by atoms with Crippen molar-refractivity contribution in [3.05, 3.63) is 87.7 Å². The molecule has 3 aromatic carbocycles. The van der Waals surface area contributed by atoms with Crippen LogP contribution in [0.1, 0.15) is 40.7 Å². The molecular formula is C29H19Cl3F9N3O3. The third-order valence-electron chi connectivity index (χ3n) is 7.04. The Balaban J connectivity index is 1.50. The Morgan fingerprint density at radius 3 is 2.13 bits per heavy atom. The van der Waals surface area contributed by atoms with Crippen LogP contribution < -0.4 is 16.0 Å². The van der Waals surface area contributed by atoms with Gasteiger partial charge in [-0.25, -0.2) is 13.2 Å². The van der Waals surface area contributed by atoms with Gasteiger partial charge < -0.3 is 16.0 Å². The number of anilines is 3. The molecule has 4 rings (SSSR count). The number of benzene rings is 3. The Labute approximate surface area is 274 Å². The number of carbonyl (C=O) groups is 3. The molecule has 0 spiro atoms. The largest absolute Gasteiger partial charge is 0.419 e. The fourth-order valence-corrected chi connectivity index (χ4v) is 5.69. The van der Waals surface area contributed by atoms with Crippen molar-refractivity contribution in [3.63, 3.8) is 0 Å². The molecule has 3 aromatic rings. The van der Waals surface area contributed by atoms with Crippen molar-refractivity contribution in [2.24, 2.45) is 11.8 Å². The van der Waals surface area contributed by atoms with E-state index in [9.17, 15) is 49.5 Å². The number of nitrogens with one attached hydrogen (secondary N) is 3. The molecule has 1 unspecified atom stereocenters. The number of hydrogen-bond acceptors (Lipinski definition) is 3. The molecular weight excluding hydrogens is 716 g/mol. The first-order valence-electron chi connectivity index (χ1n) is 13.1. The fourth-order valence-electron chi connectivity index (χ4n) is 4.66. The molecule has 0 heterocycles. The van der Waals surface area contributed by atoms with Crippen molar-refractivity contribution >= 4 is 69.6 Å². The summed E-state index contributed by atoms with van der Waals surface area (Å²) >= 11 is 18.5. The van der Waals surface area contributed by atoms with Gasteiger partial charge in [0.2, 0.25) is 11.8 Å². The second kappa shape index (κ2) is 13.1. The molecule has 6 nitrogen and oxygen atoms in total. The normalized spacial score (nSPS) is 17.9. The first-order chi connectivity index (χ1) is 21.6. The quantitative estimate of drug-likeness (QED) is 0.160. The summed E-state index contributed by atoms with van der Waals surface area (Å²) in [4.78, 5) is 38.1. The van der Waals surface area contributed by atoms with E-state index in [0.717, 1.165) is 31.2 Å². The Bertz CT molecular complexity index is 1750. The summed E-state index contributed by atoms with van der Waals surface area (Å²) in [6.45, 7) is 0.897. The van der Waals surface area contributed by atoms with Gasteiger partial charge in [-0.05, 0) is 48.0 Å². The van der Waals surface area contributed by atoms with Crippen LogP contribution >= 0.6 is 34.8 Å². The van der Waals surface area contributed by atoms with E-state index in [2.05, 4.69) is 10.6 Å². The van der Waals surface area contributed by atoms with Crippen LogP contribution in [0, 0.1) is 29.3 Å². The van der Waals surface area contributed by atoms with Gasteiger partial charge in [-0.15, -0.1) is 23.2 Å². The van der Waals surface area contributed by atoms with Gasteiger partial charge >= 0.3 is 12.4 Å². The van der Waals surface area contributed by atoms with E-state index in [-0.39, 0.29) is 21.8 Å². The first-order valence-corrected chi connectivity index (χ1v) is 14.3. The summed E-state index contributed by atoms with van der Waals surface area (Å²) in [5, 5.41) is 5.98. The van der Waals surface area contributed by atoms with Crippen molar-refractivity contribution < 1.29 is 53.9 Å². The zero-order valence-electron chi connectivity index (χ0n) is 23.3. The molecule has 0 aromatic heterocycles. The average molecular weight is 735 g/mol. The minimum Gasteiger partial charge on any atom is -0.326 e. The summed E-state index contributed by atoms with van der Waals surface area (Å²) < 4.78 is 119. The number of carbonyl (C=O) groups excluding carboxylic acids is 3. The molecule has 0 bridgehead atoms. The van der Waals surface area contributed by atoms with Crippen LogP contribution in [0.3, 0.4) is 0 Å². The predicted octanol–water partition coefficient (Wildman–Crippen LogP) is 9.08. The molecule has 3 amide bonds. The smallest absolute Gasteiger partial charge is 0.326 e. The monoisotopic (exact) mass is 733 g/mol. The van der Waals surface area contributed by atoms with Gasteiger partial charge in [0.25, 0.3) is 5.91 Å². The van der Waals surface area contributed by atoms with Crippen LogP contribution in [0.2, 0.25) is 5.02 Å². The highest BCUT2D eigenvalue weighted by atomic mass is 35.5. The maximum atomic E-state index is 15.1. The average Bonchev–Trinajstić information content (AvgIpc) is 3.53. The fraction of sp³-hybridized carbons (Fsp3) is 0.276. The standard InChI is InChI=1S/C29H19Cl3F9N3O3/c1-11(10-27(36,37)38)24(45)44-23-18(34)6-7-19(22(23)35)43-25(46)14-9-13(3-4-16(14)30)42-26(47)21-20(28(21,31)32)12-2-5-17(33)15(8-12)29(39,40)41/h2-9,11,20-21H,10H2,1H3,(H,42,47)(H,43,46)(H,44,45)/t11?,20-,21+/m0/s1. The topological polar surface area (TPSA) is 87.3 Å². The molecule has 18 heteroatoms.